The average molecular weight is 362 g/mol. The molecule has 2 aromatic carbocycles. The van der Waals surface area contributed by atoms with Crippen LogP contribution in [-0.2, 0) is 0 Å². The van der Waals surface area contributed by atoms with Crippen LogP contribution in [0.3, 0.4) is 0 Å². The Morgan fingerprint density at radius 1 is 0.792 bits per heavy atom. The highest BCUT2D eigenvalue weighted by Crippen LogP contribution is 2.16. The van der Waals surface area contributed by atoms with E-state index in [9.17, 15) is 4.39 Å². The van der Waals surface area contributed by atoms with Crippen LogP contribution in [0.4, 0.5) is 15.8 Å². The van der Waals surface area contributed by atoms with Crippen molar-refractivity contribution < 1.29 is 4.39 Å². The molecule has 0 saturated heterocycles. The molecule has 0 aliphatic rings. The fraction of sp³-hybridized carbons (Fsp3) is 0.176. The summed E-state index contributed by atoms with van der Waals surface area (Å²) in [5.41, 5.74) is 8.39. The maximum Gasteiger partial charge on any atom is 0.189 e. The van der Waals surface area contributed by atoms with Crippen molar-refractivity contribution in [3.05, 3.63) is 59.9 Å². The monoisotopic (exact) mass is 362 g/mol. The van der Waals surface area contributed by atoms with Gasteiger partial charge in [0.15, 0.2) is 10.2 Å². The fourth-order valence-electron chi connectivity index (χ4n) is 1.92. The summed E-state index contributed by atoms with van der Waals surface area (Å²) in [4.78, 5) is 0. The molecule has 0 spiro atoms. The van der Waals surface area contributed by atoms with Gasteiger partial charge in [-0.25, -0.2) is 4.39 Å². The van der Waals surface area contributed by atoms with Crippen LogP contribution < -0.4 is 21.5 Å². The predicted octanol–water partition coefficient (Wildman–Crippen LogP) is 4.14. The molecule has 0 unspecified atom stereocenters. The van der Waals surface area contributed by atoms with E-state index in [1.54, 1.807) is 12.1 Å². The highest BCUT2D eigenvalue weighted by molar-refractivity contribution is 7.81. The molecule has 0 bridgehead atoms. The summed E-state index contributed by atoms with van der Waals surface area (Å²) in [5.74, 6) is 0.187. The summed E-state index contributed by atoms with van der Waals surface area (Å²) < 4.78 is 12.8. The Balaban J connectivity index is 1.77. The minimum Gasteiger partial charge on any atom is -0.331 e. The number of halogens is 1. The Bertz CT molecular complexity index is 700. The van der Waals surface area contributed by atoms with Crippen molar-refractivity contribution in [2.75, 3.05) is 10.6 Å². The predicted molar refractivity (Wildman–Crippen MR) is 106 cm³/mol. The molecule has 0 aliphatic carbocycles. The third kappa shape index (κ3) is 5.75. The largest absolute Gasteiger partial charge is 0.331 e. The number of hydrogen-bond acceptors (Lipinski definition) is 2. The average Bonchev–Trinajstić information content (AvgIpc) is 2.55. The molecule has 0 heterocycles. The summed E-state index contributed by atoms with van der Waals surface area (Å²) in [5, 5.41) is 6.67. The van der Waals surface area contributed by atoms with Crippen molar-refractivity contribution >= 4 is 46.0 Å². The summed E-state index contributed by atoms with van der Waals surface area (Å²) in [6.07, 6.45) is 0. The third-order valence-corrected chi connectivity index (χ3v) is 3.64. The molecule has 24 heavy (non-hydrogen) atoms. The maximum absolute atomic E-state index is 12.8. The normalized spacial score (nSPS) is 10.2. The number of thiocarbonyl (C=S) groups is 2. The number of rotatable bonds is 3. The number of hydrazine groups is 1. The van der Waals surface area contributed by atoms with Gasteiger partial charge in [0.25, 0.3) is 0 Å². The molecule has 0 aromatic heterocycles. The molecule has 2 aromatic rings. The van der Waals surface area contributed by atoms with Crippen molar-refractivity contribution in [2.45, 2.75) is 19.8 Å². The lowest BCUT2D eigenvalue weighted by Crippen LogP contribution is -2.45. The zero-order valence-electron chi connectivity index (χ0n) is 13.4. The van der Waals surface area contributed by atoms with Gasteiger partial charge in [0, 0.05) is 11.4 Å². The second-order valence-electron chi connectivity index (χ2n) is 5.44. The van der Waals surface area contributed by atoms with Gasteiger partial charge in [-0.1, -0.05) is 26.0 Å². The van der Waals surface area contributed by atoms with Gasteiger partial charge in [0.05, 0.1) is 0 Å². The quantitative estimate of drug-likeness (QED) is 0.486. The molecule has 0 saturated carbocycles. The van der Waals surface area contributed by atoms with E-state index in [0.29, 0.717) is 21.8 Å². The first-order chi connectivity index (χ1) is 11.4. The molecule has 2 rings (SSSR count). The van der Waals surface area contributed by atoms with E-state index in [0.717, 1.165) is 5.69 Å². The summed E-state index contributed by atoms with van der Waals surface area (Å²) in [6, 6.07) is 14.0. The molecule has 4 N–H and O–H groups in total. The van der Waals surface area contributed by atoms with Gasteiger partial charge in [-0.05, 0) is 72.3 Å². The first-order valence-electron chi connectivity index (χ1n) is 7.43. The van der Waals surface area contributed by atoms with Crippen LogP contribution in [0.1, 0.15) is 25.3 Å². The Labute approximate surface area is 151 Å². The second kappa shape index (κ2) is 8.56. The minimum atomic E-state index is -0.300. The Morgan fingerprint density at radius 3 is 1.62 bits per heavy atom. The van der Waals surface area contributed by atoms with E-state index >= 15 is 0 Å². The Hall–Kier alpha value is -2.25. The van der Waals surface area contributed by atoms with Crippen molar-refractivity contribution in [2.24, 2.45) is 0 Å². The van der Waals surface area contributed by atoms with Gasteiger partial charge >= 0.3 is 0 Å². The van der Waals surface area contributed by atoms with Crippen LogP contribution in [0.15, 0.2) is 48.5 Å². The minimum absolute atomic E-state index is 0.300. The smallest absolute Gasteiger partial charge is 0.189 e. The van der Waals surface area contributed by atoms with Gasteiger partial charge in [-0.2, -0.15) is 0 Å². The van der Waals surface area contributed by atoms with Gasteiger partial charge in [-0.3, -0.25) is 10.9 Å². The molecule has 0 fully saturated rings. The number of hydrogen-bond donors (Lipinski definition) is 4. The molecule has 0 radical (unpaired) electrons. The van der Waals surface area contributed by atoms with E-state index in [2.05, 4.69) is 47.5 Å². The van der Waals surface area contributed by atoms with Gasteiger partial charge < -0.3 is 10.6 Å². The molecular weight excluding hydrogens is 343 g/mol. The SMILES string of the molecule is CC(C)c1ccc(NC(=S)NNC(=S)Nc2ccc(F)cc2)cc1. The van der Waals surface area contributed by atoms with Crippen molar-refractivity contribution in [3.63, 3.8) is 0 Å². The molecule has 0 aliphatic heterocycles. The third-order valence-electron chi connectivity index (χ3n) is 3.23. The zero-order chi connectivity index (χ0) is 17.5. The van der Waals surface area contributed by atoms with Crippen molar-refractivity contribution in [3.8, 4) is 0 Å². The summed E-state index contributed by atoms with van der Waals surface area (Å²) in [7, 11) is 0. The van der Waals surface area contributed by atoms with E-state index in [1.165, 1.54) is 17.7 Å². The van der Waals surface area contributed by atoms with Crippen LogP contribution >= 0.6 is 24.4 Å². The van der Waals surface area contributed by atoms with Crippen LogP contribution in [0.25, 0.3) is 0 Å². The fourth-order valence-corrected chi connectivity index (χ4v) is 2.26. The van der Waals surface area contributed by atoms with Crippen LogP contribution in [0.2, 0.25) is 0 Å². The maximum atomic E-state index is 12.8. The standard InChI is InChI=1S/C17H19FN4S2/c1-11(2)12-3-7-14(8-4-12)19-16(23)21-22-17(24)20-15-9-5-13(18)6-10-15/h3-11H,1-2H3,(H2,19,21,23)(H2,20,22,24). The Morgan fingerprint density at radius 2 is 1.21 bits per heavy atom. The summed E-state index contributed by atoms with van der Waals surface area (Å²) in [6.45, 7) is 4.29. The lowest BCUT2D eigenvalue weighted by Gasteiger charge is -2.14. The van der Waals surface area contributed by atoms with Gasteiger partial charge in [0.1, 0.15) is 5.82 Å². The van der Waals surface area contributed by atoms with E-state index in [-0.39, 0.29) is 5.82 Å². The molecular formula is C17H19FN4S2. The number of anilines is 2. The number of nitrogens with one attached hydrogen (secondary N) is 4. The lowest BCUT2D eigenvalue weighted by atomic mass is 10.0. The zero-order valence-corrected chi connectivity index (χ0v) is 15.0. The van der Waals surface area contributed by atoms with Crippen LogP contribution in [0.5, 0.6) is 0 Å². The molecule has 0 amide bonds. The first kappa shape index (κ1) is 18.1. The molecule has 126 valence electrons. The first-order valence-corrected chi connectivity index (χ1v) is 8.25. The topological polar surface area (TPSA) is 48.1 Å². The van der Waals surface area contributed by atoms with Crippen molar-refractivity contribution in [1.29, 1.82) is 0 Å². The number of benzene rings is 2. The molecule has 4 nitrogen and oxygen atoms in total. The van der Waals surface area contributed by atoms with Gasteiger partial charge in [0.2, 0.25) is 0 Å². The lowest BCUT2D eigenvalue weighted by molar-refractivity contribution is 0.628. The molecule has 7 heteroatoms. The van der Waals surface area contributed by atoms with E-state index in [4.69, 9.17) is 24.4 Å². The van der Waals surface area contributed by atoms with Crippen molar-refractivity contribution in [1.82, 2.24) is 10.9 Å². The van der Waals surface area contributed by atoms with E-state index < -0.39 is 0 Å². The second-order valence-corrected chi connectivity index (χ2v) is 6.26. The molecule has 0 atom stereocenters. The summed E-state index contributed by atoms with van der Waals surface area (Å²) >= 11 is 10.3. The van der Waals surface area contributed by atoms with Gasteiger partial charge in [-0.15, -0.1) is 0 Å². The van der Waals surface area contributed by atoms with Crippen LogP contribution in [0, 0.1) is 5.82 Å². The highest BCUT2D eigenvalue weighted by Gasteiger charge is 2.02. The van der Waals surface area contributed by atoms with Crippen LogP contribution in [-0.4, -0.2) is 10.2 Å². The highest BCUT2D eigenvalue weighted by atomic mass is 32.1. The van der Waals surface area contributed by atoms with E-state index in [1.807, 2.05) is 12.1 Å². The Kier molecular flexibility index (Phi) is 6.45.